The lowest BCUT2D eigenvalue weighted by atomic mass is 10.2. The molecule has 0 saturated heterocycles. The molecule has 1 atom stereocenters. The molecule has 0 bridgehead atoms. The number of pyridine rings is 1. The molecule has 13 heteroatoms. The summed E-state index contributed by atoms with van der Waals surface area (Å²) >= 11 is 0. The molecule has 1 N–H and O–H groups in total. The first-order valence-electron chi connectivity index (χ1n) is 9.96. The second-order valence-electron chi connectivity index (χ2n) is 8.09. The fourth-order valence-electron chi connectivity index (χ4n) is 2.68. The van der Waals surface area contributed by atoms with Crippen LogP contribution >= 0.6 is 0 Å². The van der Waals surface area contributed by atoms with Crippen LogP contribution in [0.25, 0.3) is 11.5 Å². The predicted octanol–water partition coefficient (Wildman–Crippen LogP) is 4.46. The number of ether oxygens (including phenoxy) is 1. The number of aromatic nitrogens is 2. The van der Waals surface area contributed by atoms with Crippen LogP contribution in [0.4, 0.5) is 16.3 Å². The van der Waals surface area contributed by atoms with Crippen LogP contribution in [-0.4, -0.2) is 35.2 Å². The number of hydrogen-bond donors (Lipinski definition) is 1. The summed E-state index contributed by atoms with van der Waals surface area (Å²) < 4.78 is 40.6. The number of nitrogens with one attached hydrogen (secondary N) is 1. The molecule has 3 rings (SSSR count). The Morgan fingerprint density at radius 1 is 1.18 bits per heavy atom. The van der Waals surface area contributed by atoms with E-state index in [4.69, 9.17) is 13.4 Å². The number of nitro groups is 1. The van der Waals surface area contributed by atoms with Crippen molar-refractivity contribution in [1.29, 1.82) is 0 Å². The van der Waals surface area contributed by atoms with Crippen LogP contribution in [0.3, 0.4) is 0 Å². The van der Waals surface area contributed by atoms with Crippen molar-refractivity contribution in [3.8, 4) is 11.5 Å². The zero-order valence-corrected chi connectivity index (χ0v) is 19.5. The second kappa shape index (κ2) is 9.57. The van der Waals surface area contributed by atoms with Crippen molar-refractivity contribution in [1.82, 2.24) is 10.1 Å². The van der Waals surface area contributed by atoms with Gasteiger partial charge in [-0.3, -0.25) is 19.6 Å². The summed E-state index contributed by atoms with van der Waals surface area (Å²) in [5.74, 6) is 0.431. The Morgan fingerprint density at radius 3 is 2.47 bits per heavy atom. The summed E-state index contributed by atoms with van der Waals surface area (Å²) in [7, 11) is -4.22. The molecule has 12 nitrogen and oxygen atoms in total. The molecule has 0 radical (unpaired) electrons. The van der Waals surface area contributed by atoms with E-state index in [1.165, 1.54) is 13.0 Å². The van der Waals surface area contributed by atoms with E-state index in [2.05, 4.69) is 15.5 Å². The summed E-state index contributed by atoms with van der Waals surface area (Å²) in [5.41, 5.74) is -0.415. The maximum Gasteiger partial charge on any atom is 0.413 e. The predicted molar refractivity (Wildman–Crippen MR) is 119 cm³/mol. The zero-order valence-electron chi connectivity index (χ0n) is 18.7. The van der Waals surface area contributed by atoms with Gasteiger partial charge in [-0.05, 0) is 52.0 Å². The van der Waals surface area contributed by atoms with E-state index < -0.39 is 32.8 Å². The quantitative estimate of drug-likeness (QED) is 0.284. The summed E-state index contributed by atoms with van der Waals surface area (Å²) in [6, 6.07) is 10.6. The fourth-order valence-corrected chi connectivity index (χ4v) is 3.74. The van der Waals surface area contributed by atoms with Gasteiger partial charge in [0.2, 0.25) is 0 Å². The normalized spacial score (nSPS) is 12.7. The first-order chi connectivity index (χ1) is 15.8. The molecule has 0 aliphatic rings. The fraction of sp³-hybridized carbons (Fsp3) is 0.286. The third kappa shape index (κ3) is 6.36. The van der Waals surface area contributed by atoms with E-state index in [9.17, 15) is 23.3 Å². The van der Waals surface area contributed by atoms with Crippen molar-refractivity contribution < 1.29 is 31.6 Å². The van der Waals surface area contributed by atoms with E-state index in [0.717, 1.165) is 24.3 Å². The summed E-state index contributed by atoms with van der Waals surface area (Å²) in [6.45, 7) is 6.66. The SMILES string of the molecule is CC(OS(=O)(=O)c1ccc([N+](=O)[O-])cc1)c1cc(-c2cccc(NC(=O)OC(C)(C)C)n2)on1. The average molecular weight is 490 g/mol. The van der Waals surface area contributed by atoms with Gasteiger partial charge in [-0.15, -0.1) is 0 Å². The van der Waals surface area contributed by atoms with Crippen LogP contribution in [0.1, 0.15) is 39.5 Å². The lowest BCUT2D eigenvalue weighted by Crippen LogP contribution is -2.27. The molecule has 0 fully saturated rings. The van der Waals surface area contributed by atoms with E-state index in [0.29, 0.717) is 5.69 Å². The Hall–Kier alpha value is -3.84. The first-order valence-corrected chi connectivity index (χ1v) is 11.4. The van der Waals surface area contributed by atoms with Gasteiger partial charge in [-0.25, -0.2) is 9.78 Å². The van der Waals surface area contributed by atoms with Gasteiger partial charge >= 0.3 is 6.09 Å². The highest BCUT2D eigenvalue weighted by atomic mass is 32.2. The molecule has 1 unspecified atom stereocenters. The minimum Gasteiger partial charge on any atom is -0.444 e. The lowest BCUT2D eigenvalue weighted by Gasteiger charge is -2.19. The van der Waals surface area contributed by atoms with Crippen LogP contribution < -0.4 is 5.32 Å². The number of rotatable bonds is 7. The molecule has 1 amide bonds. The van der Waals surface area contributed by atoms with E-state index in [-0.39, 0.29) is 27.9 Å². The number of anilines is 1. The third-order valence-electron chi connectivity index (χ3n) is 4.18. The topological polar surface area (TPSA) is 164 Å². The van der Waals surface area contributed by atoms with Crippen LogP contribution in [0.5, 0.6) is 0 Å². The van der Waals surface area contributed by atoms with Gasteiger partial charge in [-0.1, -0.05) is 11.2 Å². The van der Waals surface area contributed by atoms with Crippen LogP contribution in [0.2, 0.25) is 0 Å². The Bertz CT molecular complexity index is 1300. The number of nitro benzene ring substituents is 1. The highest BCUT2D eigenvalue weighted by molar-refractivity contribution is 7.86. The number of benzene rings is 1. The summed E-state index contributed by atoms with van der Waals surface area (Å²) in [4.78, 5) is 26.1. The van der Waals surface area contributed by atoms with Crippen molar-refractivity contribution in [3.05, 3.63) is 64.3 Å². The Kier molecular flexibility index (Phi) is 6.98. The standard InChI is InChI=1S/C21H22N4O8S/c1-13(33-34(29,30)15-10-8-14(9-11-15)25(27)28)17-12-18(32-24-17)16-6-5-7-19(22-16)23-20(26)31-21(2,3)4/h5-13H,1-4H3,(H,22,23,26). The molecular formula is C21H22N4O8S. The first kappa shape index (κ1) is 24.8. The second-order valence-corrected chi connectivity index (χ2v) is 9.67. The molecule has 2 aromatic heterocycles. The number of carbonyl (C=O) groups is 1. The largest absolute Gasteiger partial charge is 0.444 e. The van der Waals surface area contributed by atoms with Gasteiger partial charge in [0.15, 0.2) is 5.76 Å². The maximum absolute atomic E-state index is 12.5. The van der Waals surface area contributed by atoms with Crippen molar-refractivity contribution in [2.24, 2.45) is 0 Å². The van der Waals surface area contributed by atoms with Gasteiger partial charge in [0.1, 0.15) is 28.9 Å². The smallest absolute Gasteiger partial charge is 0.413 e. The average Bonchev–Trinajstić information content (AvgIpc) is 3.23. The minimum absolute atomic E-state index is 0.174. The third-order valence-corrected chi connectivity index (χ3v) is 5.57. The molecule has 0 aliphatic carbocycles. The van der Waals surface area contributed by atoms with Crippen molar-refractivity contribution >= 4 is 27.7 Å². The van der Waals surface area contributed by atoms with Gasteiger partial charge in [0, 0.05) is 18.2 Å². The molecule has 0 saturated carbocycles. The molecule has 3 aromatic rings. The van der Waals surface area contributed by atoms with Crippen molar-refractivity contribution in [2.45, 2.75) is 44.3 Å². The molecule has 34 heavy (non-hydrogen) atoms. The van der Waals surface area contributed by atoms with Crippen molar-refractivity contribution in [3.63, 3.8) is 0 Å². The Labute approximate surface area is 195 Å². The van der Waals surface area contributed by atoms with Gasteiger partial charge in [0.05, 0.1) is 9.82 Å². The number of hydrogen-bond acceptors (Lipinski definition) is 10. The number of amides is 1. The summed E-state index contributed by atoms with van der Waals surface area (Å²) in [5, 5.41) is 17.1. The molecule has 1 aromatic carbocycles. The van der Waals surface area contributed by atoms with E-state index in [1.54, 1.807) is 39.0 Å². The molecular weight excluding hydrogens is 468 g/mol. The van der Waals surface area contributed by atoms with Gasteiger partial charge in [0.25, 0.3) is 15.8 Å². The highest BCUT2D eigenvalue weighted by Gasteiger charge is 2.24. The zero-order chi connectivity index (χ0) is 25.1. The number of nitrogens with zero attached hydrogens (tertiary/aromatic N) is 3. The van der Waals surface area contributed by atoms with Crippen LogP contribution in [0, 0.1) is 10.1 Å². The molecule has 0 aliphatic heterocycles. The van der Waals surface area contributed by atoms with Crippen LogP contribution in [-0.2, 0) is 19.0 Å². The van der Waals surface area contributed by atoms with E-state index >= 15 is 0 Å². The van der Waals surface area contributed by atoms with Gasteiger partial charge < -0.3 is 9.26 Å². The molecule has 180 valence electrons. The molecule has 2 heterocycles. The lowest BCUT2D eigenvalue weighted by molar-refractivity contribution is -0.384. The maximum atomic E-state index is 12.5. The van der Waals surface area contributed by atoms with Gasteiger partial charge in [-0.2, -0.15) is 8.42 Å². The number of carbonyl (C=O) groups excluding carboxylic acids is 1. The monoisotopic (exact) mass is 490 g/mol. The Balaban J connectivity index is 1.72. The van der Waals surface area contributed by atoms with Crippen LogP contribution in [0.15, 0.2) is 57.9 Å². The summed E-state index contributed by atoms with van der Waals surface area (Å²) in [6.07, 6.45) is -1.70. The van der Waals surface area contributed by atoms with E-state index in [1.807, 2.05) is 0 Å². The molecule has 0 spiro atoms. The number of non-ortho nitro benzene ring substituents is 1. The minimum atomic E-state index is -4.22. The highest BCUT2D eigenvalue weighted by Crippen LogP contribution is 2.27. The van der Waals surface area contributed by atoms with Crippen molar-refractivity contribution in [2.75, 3.05) is 5.32 Å². The Morgan fingerprint density at radius 2 is 1.85 bits per heavy atom.